The lowest BCUT2D eigenvalue weighted by Gasteiger charge is -2.27. The Labute approximate surface area is 184 Å². The number of alkyl halides is 3. The third-order valence-corrected chi connectivity index (χ3v) is 5.04. The van der Waals surface area contributed by atoms with Gasteiger partial charge in [-0.2, -0.15) is 13.2 Å². The molecule has 1 aliphatic rings. The second-order valence-electron chi connectivity index (χ2n) is 7.28. The number of ether oxygens (including phenoxy) is 1. The molecule has 13 heteroatoms. The molecule has 1 aromatic heterocycles. The van der Waals surface area contributed by atoms with Crippen LogP contribution in [0.5, 0.6) is 0 Å². The number of urea groups is 1. The minimum Gasteiger partial charge on any atom is -0.382 e. The fourth-order valence-electron chi connectivity index (χ4n) is 3.32. The Morgan fingerprint density at radius 2 is 2.00 bits per heavy atom. The van der Waals surface area contributed by atoms with Crippen LogP contribution < -0.4 is 16.4 Å². The van der Waals surface area contributed by atoms with Gasteiger partial charge in [-0.3, -0.25) is 4.79 Å². The first kappa shape index (κ1) is 24.3. The van der Waals surface area contributed by atoms with E-state index < -0.39 is 54.4 Å². The molecule has 1 fully saturated rings. The van der Waals surface area contributed by atoms with Crippen molar-refractivity contribution in [1.82, 2.24) is 15.2 Å². The number of rotatable bonds is 7. The SMILES string of the molecule is COC[C@H](c1ccnc(NC(=O)[C@@H](N)c2ccc(F)c(F)c2)c1)N1C[C@@H](C(F)(F)F)NC1=O. The van der Waals surface area contributed by atoms with Crippen molar-refractivity contribution in [3.8, 4) is 0 Å². The number of pyridine rings is 1. The molecule has 1 aliphatic heterocycles. The van der Waals surface area contributed by atoms with Gasteiger partial charge in [0.1, 0.15) is 17.9 Å². The summed E-state index contributed by atoms with van der Waals surface area (Å²) in [6, 6.07) is 0.406. The summed E-state index contributed by atoms with van der Waals surface area (Å²) in [6.07, 6.45) is -3.33. The molecular weight excluding hydrogens is 453 g/mol. The second-order valence-corrected chi connectivity index (χ2v) is 7.28. The standard InChI is InChI=1S/C20H20F5N5O3/c1-33-9-14(30-8-15(20(23,24)25)28-19(30)32)10-4-5-27-16(7-10)29-18(31)17(26)11-2-3-12(21)13(22)6-11/h2-7,14-15,17H,8-9,26H2,1H3,(H,28,32)(H,27,29,31)/t14-,15+,17+/m1/s1. The second kappa shape index (κ2) is 9.67. The van der Waals surface area contributed by atoms with Gasteiger partial charge in [0.25, 0.3) is 0 Å². The van der Waals surface area contributed by atoms with Crippen molar-refractivity contribution in [3.05, 3.63) is 59.3 Å². The largest absolute Gasteiger partial charge is 0.410 e. The minimum atomic E-state index is -4.62. The molecule has 0 spiro atoms. The van der Waals surface area contributed by atoms with Crippen molar-refractivity contribution >= 4 is 17.8 Å². The van der Waals surface area contributed by atoms with Gasteiger partial charge in [-0.1, -0.05) is 6.07 Å². The Morgan fingerprint density at radius 3 is 2.61 bits per heavy atom. The highest BCUT2D eigenvalue weighted by Gasteiger charge is 2.48. The van der Waals surface area contributed by atoms with Crippen molar-refractivity contribution in [3.63, 3.8) is 0 Å². The van der Waals surface area contributed by atoms with E-state index in [2.05, 4.69) is 10.3 Å². The van der Waals surface area contributed by atoms with Gasteiger partial charge in [-0.15, -0.1) is 0 Å². The van der Waals surface area contributed by atoms with Gasteiger partial charge < -0.3 is 26.0 Å². The Hall–Kier alpha value is -3.32. The van der Waals surface area contributed by atoms with E-state index in [1.807, 2.05) is 5.32 Å². The van der Waals surface area contributed by atoms with Gasteiger partial charge >= 0.3 is 12.2 Å². The average Bonchev–Trinajstić information content (AvgIpc) is 3.15. The van der Waals surface area contributed by atoms with Gasteiger partial charge in [0.2, 0.25) is 5.91 Å². The van der Waals surface area contributed by atoms with Crippen LogP contribution in [-0.2, 0) is 9.53 Å². The van der Waals surface area contributed by atoms with Gasteiger partial charge in [0.05, 0.1) is 19.2 Å². The zero-order valence-electron chi connectivity index (χ0n) is 17.2. The number of hydrogen-bond acceptors (Lipinski definition) is 5. The maximum atomic E-state index is 13.4. The number of amides is 3. The Morgan fingerprint density at radius 1 is 1.27 bits per heavy atom. The van der Waals surface area contributed by atoms with Crippen molar-refractivity contribution in [2.75, 3.05) is 25.6 Å². The van der Waals surface area contributed by atoms with Crippen molar-refractivity contribution in [1.29, 1.82) is 0 Å². The molecule has 0 radical (unpaired) electrons. The molecule has 0 unspecified atom stereocenters. The zero-order valence-corrected chi connectivity index (χ0v) is 17.2. The summed E-state index contributed by atoms with van der Waals surface area (Å²) in [5, 5.41) is 4.30. The van der Waals surface area contributed by atoms with Crippen LogP contribution in [0.4, 0.5) is 32.6 Å². The molecular formula is C20H20F5N5O3. The van der Waals surface area contributed by atoms with Crippen LogP contribution in [0.2, 0.25) is 0 Å². The average molecular weight is 473 g/mol. The third kappa shape index (κ3) is 5.54. The Kier molecular flexibility index (Phi) is 7.12. The molecule has 2 heterocycles. The summed E-state index contributed by atoms with van der Waals surface area (Å²) in [6.45, 7) is -0.745. The molecule has 2 aromatic rings. The van der Waals surface area contributed by atoms with Gasteiger partial charge in [-0.25, -0.2) is 18.6 Å². The molecule has 0 saturated carbocycles. The van der Waals surface area contributed by atoms with Gasteiger partial charge in [0, 0.05) is 13.3 Å². The predicted molar refractivity (Wildman–Crippen MR) is 106 cm³/mol. The number of nitrogens with two attached hydrogens (primary N) is 1. The van der Waals surface area contributed by atoms with E-state index in [-0.39, 0.29) is 18.0 Å². The highest BCUT2D eigenvalue weighted by Crippen LogP contribution is 2.30. The van der Waals surface area contributed by atoms with Crippen molar-refractivity contribution in [2.24, 2.45) is 5.73 Å². The monoisotopic (exact) mass is 473 g/mol. The first-order chi connectivity index (χ1) is 15.5. The summed E-state index contributed by atoms with van der Waals surface area (Å²) in [7, 11) is 1.33. The fraction of sp³-hybridized carbons (Fsp3) is 0.350. The summed E-state index contributed by atoms with van der Waals surface area (Å²) in [4.78, 5) is 29.6. The van der Waals surface area contributed by atoms with Crippen LogP contribution >= 0.6 is 0 Å². The number of methoxy groups -OCH3 is 1. The van der Waals surface area contributed by atoms with E-state index in [9.17, 15) is 31.5 Å². The normalized spacial score (nSPS) is 18.1. The number of aromatic nitrogens is 1. The maximum absolute atomic E-state index is 13.4. The fourth-order valence-corrected chi connectivity index (χ4v) is 3.32. The summed E-state index contributed by atoms with van der Waals surface area (Å²) < 4.78 is 70.7. The number of nitrogens with one attached hydrogen (secondary N) is 2. The highest BCUT2D eigenvalue weighted by atomic mass is 19.4. The molecule has 33 heavy (non-hydrogen) atoms. The lowest BCUT2D eigenvalue weighted by molar-refractivity contribution is -0.150. The van der Waals surface area contributed by atoms with Crippen molar-refractivity contribution in [2.45, 2.75) is 24.3 Å². The summed E-state index contributed by atoms with van der Waals surface area (Å²) >= 11 is 0. The summed E-state index contributed by atoms with van der Waals surface area (Å²) in [5.74, 6) is -3.06. The Bertz CT molecular complexity index is 1040. The van der Waals surface area contributed by atoms with Crippen LogP contribution in [0.1, 0.15) is 23.2 Å². The Balaban J connectivity index is 1.78. The number of carbonyl (C=O) groups excluding carboxylic acids is 2. The van der Waals surface area contributed by atoms with Gasteiger partial charge in [0.15, 0.2) is 11.6 Å². The third-order valence-electron chi connectivity index (χ3n) is 5.04. The maximum Gasteiger partial charge on any atom is 0.410 e. The van der Waals surface area contributed by atoms with Crippen LogP contribution in [0.3, 0.4) is 0 Å². The topological polar surface area (TPSA) is 110 Å². The number of carbonyl (C=O) groups is 2. The number of nitrogens with zero attached hydrogens (tertiary/aromatic N) is 2. The van der Waals surface area contributed by atoms with Crippen LogP contribution in [0, 0.1) is 11.6 Å². The quantitative estimate of drug-likeness (QED) is 0.536. The first-order valence-corrected chi connectivity index (χ1v) is 9.61. The molecule has 0 bridgehead atoms. The van der Waals surface area contributed by atoms with E-state index in [0.29, 0.717) is 5.56 Å². The van der Waals surface area contributed by atoms with E-state index in [1.54, 1.807) is 0 Å². The molecule has 3 amide bonds. The molecule has 8 nitrogen and oxygen atoms in total. The predicted octanol–water partition coefficient (Wildman–Crippen LogP) is 2.64. The van der Waals surface area contributed by atoms with Crippen LogP contribution in [-0.4, -0.2) is 54.3 Å². The number of halogens is 5. The molecule has 3 rings (SSSR count). The number of anilines is 1. The van der Waals surface area contributed by atoms with Crippen LogP contribution in [0.25, 0.3) is 0 Å². The lowest BCUT2D eigenvalue weighted by Crippen LogP contribution is -2.40. The molecule has 1 saturated heterocycles. The minimum absolute atomic E-state index is 0.0105. The summed E-state index contributed by atoms with van der Waals surface area (Å²) in [5.41, 5.74) is 6.18. The molecule has 3 atom stereocenters. The molecule has 1 aromatic carbocycles. The number of hydrogen-bond donors (Lipinski definition) is 3. The van der Waals surface area contributed by atoms with Crippen LogP contribution in [0.15, 0.2) is 36.5 Å². The van der Waals surface area contributed by atoms with E-state index in [1.165, 1.54) is 25.4 Å². The van der Waals surface area contributed by atoms with E-state index >= 15 is 0 Å². The lowest BCUT2D eigenvalue weighted by atomic mass is 10.1. The first-order valence-electron chi connectivity index (χ1n) is 9.61. The molecule has 0 aliphatic carbocycles. The van der Waals surface area contributed by atoms with Gasteiger partial charge in [-0.05, 0) is 35.4 Å². The van der Waals surface area contributed by atoms with E-state index in [0.717, 1.165) is 23.1 Å². The van der Waals surface area contributed by atoms with Crippen molar-refractivity contribution < 1.29 is 36.3 Å². The molecule has 178 valence electrons. The van der Waals surface area contributed by atoms with E-state index in [4.69, 9.17) is 10.5 Å². The number of benzene rings is 1. The zero-order chi connectivity index (χ0) is 24.3. The smallest absolute Gasteiger partial charge is 0.382 e. The highest BCUT2D eigenvalue weighted by molar-refractivity contribution is 5.94. The molecule has 4 N–H and O–H groups in total.